The summed E-state index contributed by atoms with van der Waals surface area (Å²) in [6.07, 6.45) is -6.50. The van der Waals surface area contributed by atoms with Gasteiger partial charge in [0, 0.05) is 6.42 Å². The number of alkyl halides is 3. The second kappa shape index (κ2) is 32.6. The number of carboxylic acid groups (broad SMARTS) is 1. The fraction of sp³-hybridized carbons (Fsp3) is 0.595. The number of aliphatic carboxylic acids is 1. The Balaban J connectivity index is -0.000000823. The first-order chi connectivity index (χ1) is 27.3. The molecule has 336 valence electrons. The molecule has 0 spiro atoms. The molecule has 0 amide bonds. The molecule has 2 N–H and O–H groups in total. The molecule has 0 saturated carbocycles. The van der Waals surface area contributed by atoms with Crippen LogP contribution in [0.3, 0.4) is 0 Å². The highest BCUT2D eigenvalue weighted by Gasteiger charge is 2.49. The summed E-state index contributed by atoms with van der Waals surface area (Å²) in [5, 5.41) is 17.6. The predicted octanol–water partition coefficient (Wildman–Crippen LogP) is 2.14. The van der Waals surface area contributed by atoms with Crippen molar-refractivity contribution in [2.24, 2.45) is 0 Å². The lowest BCUT2D eigenvalue weighted by Crippen LogP contribution is -2.43. The molecule has 1 unspecified atom stereocenters. The van der Waals surface area contributed by atoms with E-state index in [1.54, 1.807) is 6.92 Å². The molecule has 0 heterocycles. The van der Waals surface area contributed by atoms with Crippen molar-refractivity contribution in [3.8, 4) is 0 Å². The van der Waals surface area contributed by atoms with E-state index in [4.69, 9.17) is 28.8 Å². The zero-order valence-corrected chi connectivity index (χ0v) is 33.7. The van der Waals surface area contributed by atoms with E-state index in [2.05, 4.69) is 33.9 Å². The number of hydrogen-bond donors (Lipinski definition) is 2. The highest BCUT2D eigenvalue weighted by molar-refractivity contribution is 5.95. The maximum Gasteiger partial charge on any atom is 0.417 e. The number of rotatable bonds is 28. The minimum Gasteiger partial charge on any atom is -0.478 e. The second-order valence-corrected chi connectivity index (χ2v) is 11.9. The molecule has 19 nitrogen and oxygen atoms in total. The van der Waals surface area contributed by atoms with Crippen molar-refractivity contribution < 1.29 is 104 Å². The first-order valence-electron chi connectivity index (χ1n) is 17.4. The Labute approximate surface area is 338 Å². The van der Waals surface area contributed by atoms with Gasteiger partial charge in [0.15, 0.2) is 5.60 Å². The Morgan fingerprint density at radius 2 is 0.847 bits per heavy atom. The second-order valence-electron chi connectivity index (χ2n) is 11.9. The molecule has 0 fully saturated rings. The molecular formula is C37H53F3O19. The summed E-state index contributed by atoms with van der Waals surface area (Å²) in [7, 11) is 0. The molecule has 0 aromatic rings. The van der Waals surface area contributed by atoms with Crippen LogP contribution in [-0.4, -0.2) is 148 Å². The summed E-state index contributed by atoms with van der Waals surface area (Å²) in [5.74, 6) is -5.38. The molecule has 0 radical (unpaired) electrons. The molecule has 0 aliphatic heterocycles. The van der Waals surface area contributed by atoms with Crippen LogP contribution in [0.2, 0.25) is 0 Å². The summed E-state index contributed by atoms with van der Waals surface area (Å²) in [5.41, 5.74) is -2.99. The average molecular weight is 859 g/mol. The first-order valence-corrected chi connectivity index (χ1v) is 17.4. The fourth-order valence-corrected chi connectivity index (χ4v) is 2.99. The topological polar surface area (TPSA) is 268 Å². The van der Waals surface area contributed by atoms with Crippen molar-refractivity contribution in [3.05, 3.63) is 36.5 Å². The third-order valence-electron chi connectivity index (χ3n) is 6.07. The van der Waals surface area contributed by atoms with E-state index in [0.29, 0.717) is 6.92 Å². The van der Waals surface area contributed by atoms with Crippen LogP contribution in [-0.2, 0) is 81.0 Å². The number of hydrogen-bond acceptors (Lipinski definition) is 18. The maximum absolute atomic E-state index is 12.4. The van der Waals surface area contributed by atoms with E-state index < -0.39 is 60.6 Å². The third kappa shape index (κ3) is 35.6. The van der Waals surface area contributed by atoms with Crippen LogP contribution >= 0.6 is 0 Å². The van der Waals surface area contributed by atoms with Crippen LogP contribution in [0.1, 0.15) is 60.3 Å². The largest absolute Gasteiger partial charge is 0.478 e. The molecule has 0 bridgehead atoms. The molecule has 0 aromatic carbocycles. The number of aliphatic hydroxyl groups is 1. The number of halogens is 3. The number of esters is 5. The van der Waals surface area contributed by atoms with Crippen molar-refractivity contribution in [1.82, 2.24) is 0 Å². The molecular weight excluding hydrogens is 805 g/mol. The highest BCUT2D eigenvalue weighted by Crippen LogP contribution is 2.32. The van der Waals surface area contributed by atoms with Crippen molar-refractivity contribution >= 4 is 53.2 Å². The van der Waals surface area contributed by atoms with E-state index in [1.807, 2.05) is 0 Å². The molecule has 22 heteroatoms. The van der Waals surface area contributed by atoms with E-state index in [-0.39, 0.29) is 119 Å². The van der Waals surface area contributed by atoms with Crippen LogP contribution in [0.15, 0.2) is 36.5 Å². The van der Waals surface area contributed by atoms with Gasteiger partial charge in [-0.3, -0.25) is 28.8 Å². The van der Waals surface area contributed by atoms with Crippen molar-refractivity contribution in [2.45, 2.75) is 72.1 Å². The van der Waals surface area contributed by atoms with E-state index in [0.717, 1.165) is 0 Å². The lowest BCUT2D eigenvalue weighted by molar-refractivity contribution is -0.257. The zero-order chi connectivity index (χ0) is 46.2. The predicted molar refractivity (Wildman–Crippen MR) is 195 cm³/mol. The van der Waals surface area contributed by atoms with Crippen LogP contribution in [0.25, 0.3) is 0 Å². The van der Waals surface area contributed by atoms with Crippen LogP contribution in [0.4, 0.5) is 13.2 Å². The van der Waals surface area contributed by atoms with Gasteiger partial charge in [-0.05, 0) is 34.6 Å². The number of carbonyl (C=O) groups is 9. The minimum absolute atomic E-state index is 0.0149. The number of carboxylic acids is 1. The highest BCUT2D eigenvalue weighted by atomic mass is 19.4. The Hall–Kier alpha value is -5.32. The summed E-state index contributed by atoms with van der Waals surface area (Å²) < 4.78 is 75.4. The van der Waals surface area contributed by atoms with Crippen LogP contribution in [0, 0.1) is 0 Å². The fourth-order valence-electron chi connectivity index (χ4n) is 2.99. The molecule has 0 aliphatic carbocycles. The van der Waals surface area contributed by atoms with Crippen molar-refractivity contribution in [2.75, 3.05) is 72.7 Å². The van der Waals surface area contributed by atoms with Gasteiger partial charge in [-0.1, -0.05) is 19.7 Å². The number of ketones is 3. The van der Waals surface area contributed by atoms with Gasteiger partial charge in [0.25, 0.3) is 0 Å². The van der Waals surface area contributed by atoms with E-state index >= 15 is 0 Å². The van der Waals surface area contributed by atoms with Gasteiger partial charge in [0.05, 0.1) is 69.6 Å². The zero-order valence-electron chi connectivity index (χ0n) is 33.7. The van der Waals surface area contributed by atoms with Gasteiger partial charge in [0.2, 0.25) is 0 Å². The Kier molecular flexibility index (Phi) is 32.1. The lowest BCUT2D eigenvalue weighted by Gasteiger charge is -2.25. The summed E-state index contributed by atoms with van der Waals surface area (Å²) in [4.78, 5) is 97.4. The molecule has 59 heavy (non-hydrogen) atoms. The van der Waals surface area contributed by atoms with Gasteiger partial charge in [-0.2, -0.15) is 13.2 Å². The first kappa shape index (κ1) is 58.0. The van der Waals surface area contributed by atoms with Crippen LogP contribution < -0.4 is 0 Å². The third-order valence-corrected chi connectivity index (χ3v) is 6.07. The monoisotopic (exact) mass is 858 g/mol. The normalized spacial score (nSPS) is 11.3. The van der Waals surface area contributed by atoms with Crippen molar-refractivity contribution in [3.63, 3.8) is 0 Å². The average Bonchev–Trinajstić information content (AvgIpc) is 3.10. The smallest absolute Gasteiger partial charge is 0.417 e. The number of Topliss-reactive ketones (excluding diaryl/α,β-unsaturated/α-hetero) is 3. The van der Waals surface area contributed by atoms with Crippen LogP contribution in [0.5, 0.6) is 0 Å². The van der Waals surface area contributed by atoms with Gasteiger partial charge in [-0.25, -0.2) is 14.4 Å². The van der Waals surface area contributed by atoms with E-state index in [1.165, 1.54) is 20.8 Å². The van der Waals surface area contributed by atoms with Gasteiger partial charge >= 0.3 is 42.0 Å². The quantitative estimate of drug-likeness (QED) is 0.0375. The number of ether oxygens (including phenoxy) is 8. The van der Waals surface area contributed by atoms with E-state index in [9.17, 15) is 61.4 Å². The van der Waals surface area contributed by atoms with Gasteiger partial charge in [-0.15, -0.1) is 0 Å². The molecule has 1 atom stereocenters. The van der Waals surface area contributed by atoms with Crippen molar-refractivity contribution in [1.29, 1.82) is 0 Å². The summed E-state index contributed by atoms with van der Waals surface area (Å²) in [6, 6.07) is 0. The number of carbonyl (C=O) groups excluding carboxylic acids is 8. The molecule has 0 aromatic heterocycles. The summed E-state index contributed by atoms with van der Waals surface area (Å²) >= 11 is 0. The standard InChI is InChI=1S/C15H21F3O7.C12H18O6.C10H14O6/c1-10(9-23-6-7-24-12(20)8-11(2)19)13(21)25-5-4-14(3,22)15(16,17)18;1-4-17-12(15)9(2)8-16-5-6-18-11(14)7-10(3)13;1-7(10(13)14)6-15-3-4-16-9(12)5-8(2)11/h22H,1,4-9H2,2-3H3;2,4-8H2,1,3H3;1,3-6H2,2H3,(H,13,14). The van der Waals surface area contributed by atoms with Gasteiger partial charge in [0.1, 0.15) is 56.4 Å². The minimum atomic E-state index is -4.83. The Morgan fingerprint density at radius 1 is 0.525 bits per heavy atom. The molecule has 0 saturated heterocycles. The molecule has 0 rings (SSSR count). The Bertz CT molecular complexity index is 1450. The van der Waals surface area contributed by atoms with Gasteiger partial charge < -0.3 is 48.1 Å². The lowest BCUT2D eigenvalue weighted by atomic mass is 10.0. The Morgan fingerprint density at radius 3 is 1.14 bits per heavy atom. The maximum atomic E-state index is 12.4. The summed E-state index contributed by atoms with van der Waals surface area (Å²) in [6.45, 7) is 15.4. The molecule has 0 aliphatic rings. The SMILES string of the molecule is C=C(COCCOC(=O)CC(C)=O)C(=O)O.C=C(COCCOC(=O)CC(C)=O)C(=O)OCC.C=C(COCCOC(=O)CC(C)=O)C(=O)OCCC(C)(O)C(F)(F)F.